The van der Waals surface area contributed by atoms with E-state index in [1.54, 1.807) is 6.20 Å². The van der Waals surface area contributed by atoms with E-state index in [0.717, 1.165) is 56.8 Å². The molecule has 0 amide bonds. The van der Waals surface area contributed by atoms with Crippen LogP contribution in [0.1, 0.15) is 42.1 Å². The van der Waals surface area contributed by atoms with E-state index in [4.69, 9.17) is 14.7 Å². The Morgan fingerprint density at radius 3 is 2.72 bits per heavy atom. The quantitative estimate of drug-likeness (QED) is 0.670. The molecule has 1 aliphatic heterocycles. The van der Waals surface area contributed by atoms with Crippen LogP contribution in [-0.4, -0.2) is 28.2 Å². The molecule has 0 spiro atoms. The average molecular weight is 386 g/mol. The van der Waals surface area contributed by atoms with Crippen molar-refractivity contribution in [1.29, 1.82) is 0 Å². The van der Waals surface area contributed by atoms with Crippen LogP contribution in [0, 0.1) is 5.92 Å². The van der Waals surface area contributed by atoms with Crippen LogP contribution in [0.5, 0.6) is 0 Å². The summed E-state index contributed by atoms with van der Waals surface area (Å²) < 4.78 is 5.63. The Hall–Kier alpha value is -2.79. The Balaban J connectivity index is 1.50. The van der Waals surface area contributed by atoms with Crippen LogP contribution in [-0.2, 0) is 17.6 Å². The van der Waals surface area contributed by atoms with Crippen molar-refractivity contribution in [2.45, 2.75) is 38.1 Å². The fourth-order valence-corrected chi connectivity index (χ4v) is 4.39. The van der Waals surface area contributed by atoms with E-state index in [9.17, 15) is 0 Å². The van der Waals surface area contributed by atoms with Crippen molar-refractivity contribution >= 4 is 5.82 Å². The first-order chi connectivity index (χ1) is 14.4. The minimum atomic E-state index is 0.207. The van der Waals surface area contributed by atoms with Crippen LogP contribution >= 0.6 is 0 Å². The third-order valence-corrected chi connectivity index (χ3v) is 5.93. The van der Waals surface area contributed by atoms with Gasteiger partial charge in [-0.3, -0.25) is 4.98 Å². The molecule has 2 atom stereocenters. The molecule has 2 unspecified atom stereocenters. The summed E-state index contributed by atoms with van der Waals surface area (Å²) in [6.07, 6.45) is 7.16. The van der Waals surface area contributed by atoms with Gasteiger partial charge in [0.25, 0.3) is 0 Å². The Bertz CT molecular complexity index is 955. The van der Waals surface area contributed by atoms with Crippen molar-refractivity contribution in [3.8, 4) is 11.5 Å². The third-order valence-electron chi connectivity index (χ3n) is 5.93. The summed E-state index contributed by atoms with van der Waals surface area (Å²) in [6, 6.07) is 16.8. The van der Waals surface area contributed by atoms with E-state index in [-0.39, 0.29) is 6.04 Å². The van der Waals surface area contributed by atoms with E-state index in [0.29, 0.717) is 11.7 Å². The van der Waals surface area contributed by atoms with Gasteiger partial charge in [-0.2, -0.15) is 0 Å². The van der Waals surface area contributed by atoms with E-state index in [1.807, 2.05) is 18.2 Å². The molecule has 1 fully saturated rings. The Labute approximate surface area is 171 Å². The van der Waals surface area contributed by atoms with Gasteiger partial charge in [0.1, 0.15) is 11.5 Å². The highest BCUT2D eigenvalue weighted by Gasteiger charge is 2.26. The highest BCUT2D eigenvalue weighted by Crippen LogP contribution is 2.34. The number of hydrogen-bond donors (Lipinski definition) is 1. The smallest absolute Gasteiger partial charge is 0.180 e. The second-order valence-corrected chi connectivity index (χ2v) is 7.96. The molecule has 1 saturated heterocycles. The Morgan fingerprint density at radius 2 is 1.93 bits per heavy atom. The number of rotatable bonds is 6. The van der Waals surface area contributed by atoms with Crippen molar-refractivity contribution in [2.24, 2.45) is 5.92 Å². The lowest BCUT2D eigenvalue weighted by Crippen LogP contribution is -2.18. The van der Waals surface area contributed by atoms with Crippen LogP contribution in [0.3, 0.4) is 0 Å². The number of nitrogens with zero attached hydrogens (tertiary/aromatic N) is 3. The lowest BCUT2D eigenvalue weighted by Gasteiger charge is -2.24. The zero-order valence-corrected chi connectivity index (χ0v) is 16.6. The lowest BCUT2D eigenvalue weighted by molar-refractivity contribution is 0.183. The monoisotopic (exact) mass is 386 g/mol. The van der Waals surface area contributed by atoms with Gasteiger partial charge >= 0.3 is 0 Å². The highest BCUT2D eigenvalue weighted by atomic mass is 16.5. The fraction of sp³-hybridized carbons (Fsp3) is 0.375. The third kappa shape index (κ3) is 4.01. The van der Waals surface area contributed by atoms with Crippen molar-refractivity contribution in [1.82, 2.24) is 15.0 Å². The first-order valence-corrected chi connectivity index (χ1v) is 10.6. The van der Waals surface area contributed by atoms with Gasteiger partial charge in [0.05, 0.1) is 6.04 Å². The van der Waals surface area contributed by atoms with Gasteiger partial charge in [-0.1, -0.05) is 36.4 Å². The van der Waals surface area contributed by atoms with Crippen LogP contribution in [0.15, 0.2) is 54.7 Å². The molecular formula is C24H26N4O. The van der Waals surface area contributed by atoms with Crippen molar-refractivity contribution in [2.75, 3.05) is 18.5 Å². The second-order valence-electron chi connectivity index (χ2n) is 7.96. The molecule has 0 bridgehead atoms. The molecule has 29 heavy (non-hydrogen) atoms. The van der Waals surface area contributed by atoms with Crippen LogP contribution < -0.4 is 5.32 Å². The predicted molar refractivity (Wildman–Crippen MR) is 114 cm³/mol. The van der Waals surface area contributed by atoms with E-state index < -0.39 is 0 Å². The predicted octanol–water partition coefficient (Wildman–Crippen LogP) is 4.61. The molecule has 0 radical (unpaired) electrons. The molecule has 5 heteroatoms. The number of hydrogen-bond acceptors (Lipinski definition) is 5. The van der Waals surface area contributed by atoms with Crippen LogP contribution in [0.25, 0.3) is 11.5 Å². The normalized spacial score (nSPS) is 19.1. The summed E-state index contributed by atoms with van der Waals surface area (Å²) in [5.74, 6) is 2.27. The summed E-state index contributed by atoms with van der Waals surface area (Å²) in [7, 11) is 0. The largest absolute Gasteiger partial charge is 0.381 e. The molecule has 5 nitrogen and oxygen atoms in total. The molecule has 3 heterocycles. The summed E-state index contributed by atoms with van der Waals surface area (Å²) in [5, 5.41) is 3.80. The molecule has 1 aromatic carbocycles. The standard InChI is InChI=1S/C24H26N4O/c1-2-7-18(8-3-1)22(15-17-12-14-29-16-17)27-23-19-9-6-11-20(19)26-24(28-23)21-10-4-5-13-25-21/h1-5,7-8,10,13,17,22H,6,9,11-12,14-16H2,(H,26,27,28). The van der Waals surface area contributed by atoms with Gasteiger partial charge in [0.15, 0.2) is 5.82 Å². The second kappa shape index (κ2) is 8.29. The maximum atomic E-state index is 5.63. The molecule has 2 aromatic heterocycles. The van der Waals surface area contributed by atoms with E-state index in [1.165, 1.54) is 16.8 Å². The number of fused-ring (bicyclic) bond motifs is 1. The first-order valence-electron chi connectivity index (χ1n) is 10.6. The summed E-state index contributed by atoms with van der Waals surface area (Å²) >= 11 is 0. The SMILES string of the molecule is c1ccc(C(CC2CCOC2)Nc2nc(-c3ccccn3)nc3c2CCC3)cc1. The topological polar surface area (TPSA) is 59.9 Å². The molecule has 5 rings (SSSR count). The van der Waals surface area contributed by atoms with Gasteiger partial charge in [-0.25, -0.2) is 9.97 Å². The van der Waals surface area contributed by atoms with Gasteiger partial charge in [-0.15, -0.1) is 0 Å². The summed E-state index contributed by atoms with van der Waals surface area (Å²) in [6.45, 7) is 1.73. The number of aromatic nitrogens is 3. The van der Waals surface area contributed by atoms with E-state index in [2.05, 4.69) is 40.6 Å². The van der Waals surface area contributed by atoms with Crippen molar-refractivity contribution in [3.05, 3.63) is 71.5 Å². The van der Waals surface area contributed by atoms with Gasteiger partial charge in [0, 0.05) is 30.7 Å². The molecule has 1 N–H and O–H groups in total. The zero-order chi connectivity index (χ0) is 19.5. The molecular weight excluding hydrogens is 360 g/mol. The molecule has 3 aromatic rings. The number of pyridine rings is 1. The number of aryl methyl sites for hydroxylation is 1. The van der Waals surface area contributed by atoms with Gasteiger partial charge in [-0.05, 0) is 55.7 Å². The lowest BCUT2D eigenvalue weighted by atomic mass is 9.94. The summed E-state index contributed by atoms with van der Waals surface area (Å²) in [4.78, 5) is 14.2. The van der Waals surface area contributed by atoms with Crippen LogP contribution in [0.2, 0.25) is 0 Å². The van der Waals surface area contributed by atoms with E-state index >= 15 is 0 Å². The average Bonchev–Trinajstić information content (AvgIpc) is 3.46. The maximum Gasteiger partial charge on any atom is 0.180 e. The number of nitrogens with one attached hydrogen (secondary N) is 1. The van der Waals surface area contributed by atoms with Gasteiger partial charge < -0.3 is 10.1 Å². The zero-order valence-electron chi connectivity index (χ0n) is 16.6. The first kappa shape index (κ1) is 18.3. The maximum absolute atomic E-state index is 5.63. The highest BCUT2D eigenvalue weighted by molar-refractivity contribution is 5.58. The number of ether oxygens (including phenoxy) is 1. The molecule has 0 saturated carbocycles. The van der Waals surface area contributed by atoms with Gasteiger partial charge in [0.2, 0.25) is 0 Å². The molecule has 148 valence electrons. The minimum absolute atomic E-state index is 0.207. The Kier molecular flexibility index (Phi) is 5.22. The molecule has 1 aliphatic carbocycles. The van der Waals surface area contributed by atoms with Crippen molar-refractivity contribution in [3.63, 3.8) is 0 Å². The number of benzene rings is 1. The molecule has 2 aliphatic rings. The number of anilines is 1. The summed E-state index contributed by atoms with van der Waals surface area (Å²) in [5.41, 5.74) is 4.56. The fourth-order valence-electron chi connectivity index (χ4n) is 4.39. The van der Waals surface area contributed by atoms with Crippen LogP contribution in [0.4, 0.5) is 5.82 Å². The Morgan fingerprint density at radius 1 is 1.03 bits per heavy atom. The van der Waals surface area contributed by atoms with Crippen molar-refractivity contribution < 1.29 is 4.74 Å². The minimum Gasteiger partial charge on any atom is -0.381 e.